The van der Waals surface area contributed by atoms with Crippen molar-refractivity contribution in [3.63, 3.8) is 0 Å². The SMILES string of the molecule is N=Ic1ccc(F)c(NC(=O)Nc2ccc(Oc3ccnc(C4CC(C(=O)N5CCC5)=CN4)c3)cc2)c1. The molecular formula is C26H24FIN6O3. The summed E-state index contributed by atoms with van der Waals surface area (Å²) in [6.45, 7) is 1.64. The van der Waals surface area contributed by atoms with E-state index in [1.54, 1.807) is 48.8 Å². The highest BCUT2D eigenvalue weighted by atomic mass is 127. The Labute approximate surface area is 223 Å². The first kappa shape index (κ1) is 24.8. The molecule has 3 heterocycles. The number of hydrogen-bond acceptors (Lipinski definition) is 6. The second-order valence-electron chi connectivity index (χ2n) is 8.58. The third-order valence-corrected chi connectivity index (χ3v) is 7.34. The molecule has 5 rings (SSSR count). The zero-order valence-corrected chi connectivity index (χ0v) is 21.8. The fourth-order valence-electron chi connectivity index (χ4n) is 3.96. The molecule has 2 aliphatic heterocycles. The molecule has 9 nitrogen and oxygen atoms in total. The molecule has 1 atom stereocenters. The normalized spacial score (nSPS) is 16.3. The molecule has 0 bridgehead atoms. The van der Waals surface area contributed by atoms with E-state index in [1.165, 1.54) is 12.1 Å². The van der Waals surface area contributed by atoms with Gasteiger partial charge in [0.2, 0.25) is 0 Å². The zero-order chi connectivity index (χ0) is 25.8. The molecule has 1 unspecified atom stereocenters. The van der Waals surface area contributed by atoms with Gasteiger partial charge in [0.05, 0.1) is 17.4 Å². The minimum Gasteiger partial charge on any atom is -0.457 e. The van der Waals surface area contributed by atoms with E-state index >= 15 is 0 Å². The smallest absolute Gasteiger partial charge is 0.323 e. The minimum atomic E-state index is -0.960. The maximum Gasteiger partial charge on any atom is 0.323 e. The van der Waals surface area contributed by atoms with Crippen molar-refractivity contribution in [1.29, 1.82) is 3.56 Å². The monoisotopic (exact) mass is 614 g/mol. The third-order valence-electron chi connectivity index (χ3n) is 6.04. The molecule has 3 amide bonds. The average Bonchev–Trinajstić information content (AvgIpc) is 3.36. The Hall–Kier alpha value is -3.87. The fraction of sp³-hybridized carbons (Fsp3) is 0.192. The van der Waals surface area contributed by atoms with Crippen molar-refractivity contribution in [1.82, 2.24) is 15.2 Å². The molecule has 11 heteroatoms. The summed E-state index contributed by atoms with van der Waals surface area (Å²) in [6.07, 6.45) is 5.08. The molecule has 3 aromatic rings. The summed E-state index contributed by atoms with van der Waals surface area (Å²) in [6, 6.07) is 14.0. The molecule has 0 saturated carbocycles. The van der Waals surface area contributed by atoms with Crippen LogP contribution in [-0.2, 0) is 4.79 Å². The van der Waals surface area contributed by atoms with Crippen LogP contribution < -0.4 is 20.7 Å². The standard InChI is InChI=1S/C26H24FIN6O3/c27-21-7-2-17(28-29)13-22(21)33-26(36)32-18-3-5-19(6-4-18)37-20-8-9-30-24(14-20)23-12-16(15-31-23)25(35)34-10-1-11-34/h2-9,13-15,23,29,31H,1,10-12H2,(H2,32,33,36). The number of benzene rings is 2. The fourth-order valence-corrected chi connectivity index (χ4v) is 4.79. The van der Waals surface area contributed by atoms with Gasteiger partial charge in [0, 0.05) is 73.8 Å². The van der Waals surface area contributed by atoms with Gasteiger partial charge in [-0.3, -0.25) is 13.3 Å². The number of rotatable bonds is 7. The highest BCUT2D eigenvalue weighted by Gasteiger charge is 2.29. The van der Waals surface area contributed by atoms with E-state index in [4.69, 9.17) is 8.30 Å². The predicted octanol–water partition coefficient (Wildman–Crippen LogP) is 5.71. The molecule has 37 heavy (non-hydrogen) atoms. The lowest BCUT2D eigenvalue weighted by molar-refractivity contribution is -0.130. The summed E-state index contributed by atoms with van der Waals surface area (Å²) in [5.74, 6) is 0.691. The molecule has 2 aliphatic rings. The topological polar surface area (TPSA) is 119 Å². The van der Waals surface area contributed by atoms with Gasteiger partial charge < -0.3 is 25.6 Å². The molecule has 1 aromatic heterocycles. The van der Waals surface area contributed by atoms with Gasteiger partial charge in [-0.15, -0.1) is 0 Å². The van der Waals surface area contributed by atoms with Crippen LogP contribution in [0.5, 0.6) is 11.5 Å². The minimum absolute atomic E-state index is 0.0411. The number of halogens is 2. The van der Waals surface area contributed by atoms with Gasteiger partial charge in [0.15, 0.2) is 0 Å². The molecule has 190 valence electrons. The average molecular weight is 614 g/mol. The van der Waals surface area contributed by atoms with Gasteiger partial charge in [0.1, 0.15) is 17.3 Å². The molecule has 0 aliphatic carbocycles. The maximum absolute atomic E-state index is 14.0. The number of hydrogen-bond donors (Lipinski definition) is 4. The Morgan fingerprint density at radius 2 is 1.89 bits per heavy atom. The van der Waals surface area contributed by atoms with Crippen LogP contribution in [-0.4, -0.2) is 34.9 Å². The molecule has 4 N–H and O–H groups in total. The van der Waals surface area contributed by atoms with E-state index in [2.05, 4.69) is 20.9 Å². The van der Waals surface area contributed by atoms with Crippen LogP contribution in [0.4, 0.5) is 20.6 Å². The number of urea groups is 1. The first-order valence-electron chi connectivity index (χ1n) is 11.6. The van der Waals surface area contributed by atoms with Crippen LogP contribution >= 0.6 is 21.0 Å². The number of ether oxygens (including phenoxy) is 1. The third kappa shape index (κ3) is 5.93. The van der Waals surface area contributed by atoms with Crippen LogP contribution in [0.1, 0.15) is 24.6 Å². The van der Waals surface area contributed by atoms with Crippen molar-refractivity contribution in [2.45, 2.75) is 18.9 Å². The lowest BCUT2D eigenvalue weighted by atomic mass is 10.0. The van der Waals surface area contributed by atoms with Crippen LogP contribution in [0, 0.1) is 12.9 Å². The van der Waals surface area contributed by atoms with Crippen LogP contribution in [0.3, 0.4) is 0 Å². The second kappa shape index (κ2) is 11.0. The van der Waals surface area contributed by atoms with Crippen LogP contribution in [0.2, 0.25) is 0 Å². The molecule has 2 aromatic carbocycles. The zero-order valence-electron chi connectivity index (χ0n) is 19.6. The van der Waals surface area contributed by atoms with Crippen LogP contribution in [0.15, 0.2) is 72.6 Å². The van der Waals surface area contributed by atoms with Gasteiger partial charge in [0.25, 0.3) is 5.91 Å². The summed E-state index contributed by atoms with van der Waals surface area (Å²) in [4.78, 5) is 31.0. The summed E-state index contributed by atoms with van der Waals surface area (Å²) < 4.78 is 28.1. The number of aromatic nitrogens is 1. The first-order chi connectivity index (χ1) is 18.0. The number of likely N-dealkylation sites (tertiary alicyclic amines) is 1. The Bertz CT molecular complexity index is 1380. The first-order valence-corrected chi connectivity index (χ1v) is 13.8. The van der Waals surface area contributed by atoms with Crippen molar-refractivity contribution in [3.8, 4) is 11.5 Å². The molecular weight excluding hydrogens is 590 g/mol. The summed E-state index contributed by atoms with van der Waals surface area (Å²) in [5, 5.41) is 8.38. The molecule has 0 radical (unpaired) electrons. The van der Waals surface area contributed by atoms with Crippen molar-refractivity contribution >= 4 is 44.3 Å². The summed E-state index contributed by atoms with van der Waals surface area (Å²) in [5.41, 5.74) is 2.09. The van der Waals surface area contributed by atoms with Gasteiger partial charge in [-0.05, 0) is 55.0 Å². The Kier molecular flexibility index (Phi) is 7.40. The van der Waals surface area contributed by atoms with E-state index in [0.717, 1.165) is 30.8 Å². The summed E-state index contributed by atoms with van der Waals surface area (Å²) >= 11 is -0.960. The van der Waals surface area contributed by atoms with E-state index in [0.29, 0.717) is 27.2 Å². The number of carbonyl (C=O) groups excluding carboxylic acids is 2. The Balaban J connectivity index is 1.17. The lowest BCUT2D eigenvalue weighted by Gasteiger charge is -2.31. The number of amides is 3. The van der Waals surface area contributed by atoms with Crippen LogP contribution in [0.25, 0.3) is 0 Å². The largest absolute Gasteiger partial charge is 0.457 e. The van der Waals surface area contributed by atoms with Gasteiger partial charge in [-0.2, -0.15) is 0 Å². The van der Waals surface area contributed by atoms with Gasteiger partial charge >= 0.3 is 6.03 Å². The lowest BCUT2D eigenvalue weighted by Crippen LogP contribution is -2.42. The van der Waals surface area contributed by atoms with E-state index in [1.807, 2.05) is 11.0 Å². The highest BCUT2D eigenvalue weighted by molar-refractivity contribution is 14.2. The Morgan fingerprint density at radius 3 is 2.62 bits per heavy atom. The van der Waals surface area contributed by atoms with E-state index < -0.39 is 32.9 Å². The number of anilines is 2. The maximum atomic E-state index is 14.0. The van der Waals surface area contributed by atoms with Gasteiger partial charge in [-0.25, -0.2) is 9.18 Å². The number of carbonyl (C=O) groups is 2. The second-order valence-corrected chi connectivity index (χ2v) is 10.4. The van der Waals surface area contributed by atoms with Crippen molar-refractivity contribution in [2.24, 2.45) is 0 Å². The molecule has 1 saturated heterocycles. The van der Waals surface area contributed by atoms with Crippen molar-refractivity contribution < 1.29 is 18.7 Å². The molecule has 1 fully saturated rings. The van der Waals surface area contributed by atoms with E-state index in [-0.39, 0.29) is 17.6 Å². The summed E-state index contributed by atoms with van der Waals surface area (Å²) in [7, 11) is 0. The number of pyridine rings is 1. The predicted molar refractivity (Wildman–Crippen MR) is 145 cm³/mol. The van der Waals surface area contributed by atoms with Crippen molar-refractivity contribution in [3.05, 3.63) is 87.6 Å². The quantitative estimate of drug-likeness (QED) is 0.254. The Morgan fingerprint density at radius 1 is 1.08 bits per heavy atom. The van der Waals surface area contributed by atoms with E-state index in [9.17, 15) is 14.0 Å². The number of nitrogens with one attached hydrogen (secondary N) is 4. The number of nitrogens with zero attached hydrogens (tertiary/aromatic N) is 2. The highest BCUT2D eigenvalue weighted by Crippen LogP contribution is 2.30. The van der Waals surface area contributed by atoms with Gasteiger partial charge in [-0.1, -0.05) is 0 Å². The van der Waals surface area contributed by atoms with Crippen molar-refractivity contribution in [2.75, 3.05) is 23.7 Å². The molecule has 0 spiro atoms.